The molecule has 0 aliphatic heterocycles. The molecule has 0 spiro atoms. The van der Waals surface area contributed by atoms with Crippen LogP contribution in [0.1, 0.15) is 31.9 Å². The summed E-state index contributed by atoms with van der Waals surface area (Å²) in [7, 11) is 1.54. The highest BCUT2D eigenvalue weighted by Crippen LogP contribution is 2.29. The van der Waals surface area contributed by atoms with E-state index < -0.39 is 11.7 Å². The van der Waals surface area contributed by atoms with E-state index in [-0.39, 0.29) is 0 Å². The molecule has 0 atom stereocenters. The summed E-state index contributed by atoms with van der Waals surface area (Å²) in [6.07, 6.45) is -0.579. The van der Waals surface area contributed by atoms with Crippen LogP contribution >= 0.6 is 0 Å². The fourth-order valence-electron chi connectivity index (χ4n) is 2.05. The van der Waals surface area contributed by atoms with Crippen LogP contribution in [0.5, 0.6) is 5.75 Å². The van der Waals surface area contributed by atoms with Crippen LogP contribution in [0.15, 0.2) is 42.5 Å². The molecule has 0 aromatic heterocycles. The van der Waals surface area contributed by atoms with Gasteiger partial charge in [0.05, 0.1) is 24.0 Å². The van der Waals surface area contributed by atoms with Crippen LogP contribution in [-0.2, 0) is 4.74 Å². The molecule has 5 heteroatoms. The predicted molar refractivity (Wildman–Crippen MR) is 99.7 cm³/mol. The zero-order valence-corrected chi connectivity index (χ0v) is 14.8. The van der Waals surface area contributed by atoms with Gasteiger partial charge in [0.2, 0.25) is 0 Å². The second-order valence-electron chi connectivity index (χ2n) is 6.38. The molecule has 3 N–H and O–H groups in total. The van der Waals surface area contributed by atoms with Gasteiger partial charge < -0.3 is 15.2 Å². The lowest BCUT2D eigenvalue weighted by molar-refractivity contribution is 0.0636. The average molecular weight is 338 g/mol. The number of amides is 1. The quantitative estimate of drug-likeness (QED) is 0.640. The minimum atomic E-state index is -0.593. The van der Waals surface area contributed by atoms with Crippen LogP contribution in [0.25, 0.3) is 0 Å². The van der Waals surface area contributed by atoms with Gasteiger partial charge >= 0.3 is 6.09 Å². The van der Waals surface area contributed by atoms with Gasteiger partial charge in [-0.3, -0.25) is 5.32 Å². The van der Waals surface area contributed by atoms with E-state index in [1.165, 1.54) is 7.11 Å². The molecule has 0 saturated heterocycles. The van der Waals surface area contributed by atoms with Crippen LogP contribution in [-0.4, -0.2) is 18.8 Å². The van der Waals surface area contributed by atoms with Crippen molar-refractivity contribution in [3.8, 4) is 17.6 Å². The lowest BCUT2D eigenvalue weighted by atomic mass is 10.1. The first kappa shape index (κ1) is 18.2. The summed E-state index contributed by atoms with van der Waals surface area (Å²) in [5.41, 5.74) is 7.76. The SMILES string of the molecule is COc1cc(NC(=O)OC(C)(C)C)c(N)cc1C#Cc1ccccc1. The normalized spacial score (nSPS) is 10.4. The Balaban J connectivity index is 2.26. The van der Waals surface area contributed by atoms with Gasteiger partial charge in [-0.15, -0.1) is 0 Å². The maximum Gasteiger partial charge on any atom is 0.412 e. The summed E-state index contributed by atoms with van der Waals surface area (Å²) in [6.45, 7) is 5.37. The van der Waals surface area contributed by atoms with Crippen molar-refractivity contribution in [1.82, 2.24) is 0 Å². The first-order valence-corrected chi connectivity index (χ1v) is 7.83. The molecular weight excluding hydrogens is 316 g/mol. The zero-order valence-electron chi connectivity index (χ0n) is 14.8. The number of ether oxygens (including phenoxy) is 2. The average Bonchev–Trinajstić information content (AvgIpc) is 2.54. The monoisotopic (exact) mass is 338 g/mol. The number of nitrogens with two attached hydrogens (primary N) is 1. The highest BCUT2D eigenvalue weighted by Gasteiger charge is 2.17. The van der Waals surface area contributed by atoms with Crippen molar-refractivity contribution in [2.75, 3.05) is 18.2 Å². The third kappa shape index (κ3) is 5.47. The third-order valence-electron chi connectivity index (χ3n) is 3.12. The Labute approximate surface area is 148 Å². The number of nitrogens with one attached hydrogen (secondary N) is 1. The Morgan fingerprint density at radius 2 is 1.80 bits per heavy atom. The smallest absolute Gasteiger partial charge is 0.412 e. The van der Waals surface area contributed by atoms with Gasteiger partial charge in [0.1, 0.15) is 11.4 Å². The minimum Gasteiger partial charge on any atom is -0.495 e. The molecule has 0 heterocycles. The van der Waals surface area contributed by atoms with E-state index in [0.29, 0.717) is 22.7 Å². The summed E-state index contributed by atoms with van der Waals surface area (Å²) in [6, 6.07) is 12.9. The largest absolute Gasteiger partial charge is 0.495 e. The van der Waals surface area contributed by atoms with Gasteiger partial charge in [-0.1, -0.05) is 30.0 Å². The molecule has 2 rings (SSSR count). The molecule has 2 aromatic carbocycles. The lowest BCUT2D eigenvalue weighted by Gasteiger charge is -2.20. The van der Waals surface area contributed by atoms with E-state index in [9.17, 15) is 4.79 Å². The second-order valence-corrected chi connectivity index (χ2v) is 6.38. The van der Waals surface area contributed by atoms with E-state index in [2.05, 4.69) is 17.2 Å². The van der Waals surface area contributed by atoms with E-state index in [1.807, 2.05) is 30.3 Å². The second kappa shape index (κ2) is 7.63. The molecule has 1 amide bonds. The van der Waals surface area contributed by atoms with Crippen molar-refractivity contribution >= 4 is 17.5 Å². The third-order valence-corrected chi connectivity index (χ3v) is 3.12. The molecule has 25 heavy (non-hydrogen) atoms. The maximum absolute atomic E-state index is 11.9. The molecular formula is C20H22N2O3. The number of rotatable bonds is 2. The molecule has 0 radical (unpaired) electrons. The summed E-state index contributed by atoms with van der Waals surface area (Å²) in [4.78, 5) is 11.9. The molecule has 0 saturated carbocycles. The van der Waals surface area contributed by atoms with E-state index in [4.69, 9.17) is 15.2 Å². The van der Waals surface area contributed by atoms with E-state index in [0.717, 1.165) is 5.56 Å². The highest BCUT2D eigenvalue weighted by molar-refractivity contribution is 5.90. The molecule has 0 unspecified atom stereocenters. The molecule has 2 aromatic rings. The summed E-state index contributed by atoms with van der Waals surface area (Å²) < 4.78 is 10.6. The first-order chi connectivity index (χ1) is 11.8. The fraction of sp³-hybridized carbons (Fsp3) is 0.250. The highest BCUT2D eigenvalue weighted by atomic mass is 16.6. The Kier molecular flexibility index (Phi) is 5.56. The Morgan fingerprint density at radius 3 is 2.40 bits per heavy atom. The lowest BCUT2D eigenvalue weighted by Crippen LogP contribution is -2.27. The van der Waals surface area contributed by atoms with Crippen molar-refractivity contribution in [3.63, 3.8) is 0 Å². The standard InChI is InChI=1S/C20H22N2O3/c1-20(2,3)25-19(23)22-17-13-18(24-4)15(12-16(17)21)11-10-14-8-6-5-7-9-14/h5-9,12-13H,21H2,1-4H3,(H,22,23). The van der Waals surface area contributed by atoms with Crippen LogP contribution in [0.2, 0.25) is 0 Å². The molecule has 5 nitrogen and oxygen atoms in total. The van der Waals surface area contributed by atoms with Crippen LogP contribution < -0.4 is 15.8 Å². The van der Waals surface area contributed by atoms with Crippen molar-refractivity contribution in [2.45, 2.75) is 26.4 Å². The Bertz CT molecular complexity index is 813. The Morgan fingerprint density at radius 1 is 1.12 bits per heavy atom. The minimum absolute atomic E-state index is 0.379. The fourth-order valence-corrected chi connectivity index (χ4v) is 2.05. The van der Waals surface area contributed by atoms with Crippen LogP contribution in [0.3, 0.4) is 0 Å². The summed E-state index contributed by atoms with van der Waals surface area (Å²) in [5, 5.41) is 2.63. The first-order valence-electron chi connectivity index (χ1n) is 7.83. The Hall–Kier alpha value is -3.13. The maximum atomic E-state index is 11.9. The topological polar surface area (TPSA) is 73.6 Å². The molecule has 0 fully saturated rings. The summed E-state index contributed by atoms with van der Waals surface area (Å²) in [5.74, 6) is 6.62. The van der Waals surface area contributed by atoms with E-state index >= 15 is 0 Å². The predicted octanol–water partition coefficient (Wildman–Crippen LogP) is 4.02. The number of carbonyl (C=O) groups excluding carboxylic acids is 1. The van der Waals surface area contributed by atoms with Gasteiger partial charge in [0, 0.05) is 11.6 Å². The summed E-state index contributed by atoms with van der Waals surface area (Å²) >= 11 is 0. The number of carbonyl (C=O) groups is 1. The van der Waals surface area contributed by atoms with Gasteiger partial charge in [-0.2, -0.15) is 0 Å². The van der Waals surface area contributed by atoms with Crippen molar-refractivity contribution in [3.05, 3.63) is 53.6 Å². The number of anilines is 2. The number of benzene rings is 2. The number of methoxy groups -OCH3 is 1. The van der Waals surface area contributed by atoms with Crippen molar-refractivity contribution in [2.24, 2.45) is 0 Å². The number of hydrogen-bond donors (Lipinski definition) is 2. The number of hydrogen-bond acceptors (Lipinski definition) is 4. The van der Waals surface area contributed by atoms with Gasteiger partial charge in [-0.25, -0.2) is 4.79 Å². The van der Waals surface area contributed by atoms with Gasteiger partial charge in [0.25, 0.3) is 0 Å². The van der Waals surface area contributed by atoms with Gasteiger partial charge in [0.15, 0.2) is 0 Å². The number of nitrogen functional groups attached to an aromatic ring is 1. The van der Waals surface area contributed by atoms with Gasteiger partial charge in [-0.05, 0) is 39.0 Å². The van der Waals surface area contributed by atoms with Crippen molar-refractivity contribution in [1.29, 1.82) is 0 Å². The molecule has 0 aliphatic rings. The van der Waals surface area contributed by atoms with E-state index in [1.54, 1.807) is 32.9 Å². The molecule has 0 bridgehead atoms. The molecule has 130 valence electrons. The van der Waals surface area contributed by atoms with Crippen LogP contribution in [0, 0.1) is 11.8 Å². The molecule has 0 aliphatic carbocycles. The zero-order chi connectivity index (χ0) is 18.4. The van der Waals surface area contributed by atoms with Crippen molar-refractivity contribution < 1.29 is 14.3 Å². The van der Waals surface area contributed by atoms with Crippen LogP contribution in [0.4, 0.5) is 16.2 Å².